The van der Waals surface area contributed by atoms with Gasteiger partial charge in [-0.1, -0.05) is 11.6 Å². The molecular formula is C14H15ClN6O. The maximum atomic E-state index is 12.2. The van der Waals surface area contributed by atoms with Crippen LogP contribution in [0.25, 0.3) is 5.65 Å². The van der Waals surface area contributed by atoms with Crippen molar-refractivity contribution in [3.05, 3.63) is 47.4 Å². The molecule has 1 amide bonds. The van der Waals surface area contributed by atoms with Crippen LogP contribution in [0.5, 0.6) is 0 Å². The summed E-state index contributed by atoms with van der Waals surface area (Å²) in [5, 5.41) is 7.28. The minimum absolute atomic E-state index is 0.197. The maximum Gasteiger partial charge on any atom is 0.273 e. The molecule has 0 unspecified atom stereocenters. The summed E-state index contributed by atoms with van der Waals surface area (Å²) in [6, 6.07) is 0. The highest BCUT2D eigenvalue weighted by atomic mass is 35.5. The molecule has 3 heterocycles. The van der Waals surface area contributed by atoms with E-state index in [0.29, 0.717) is 12.2 Å². The van der Waals surface area contributed by atoms with Crippen LogP contribution >= 0.6 is 11.6 Å². The second-order valence-electron chi connectivity index (χ2n) is 4.97. The van der Waals surface area contributed by atoms with Crippen molar-refractivity contribution in [3.8, 4) is 0 Å². The number of nitrogens with zero attached hydrogens (tertiary/aromatic N) is 5. The first-order valence-corrected chi connectivity index (χ1v) is 7.27. The van der Waals surface area contributed by atoms with Crippen molar-refractivity contribution in [3.63, 3.8) is 0 Å². The van der Waals surface area contributed by atoms with Crippen molar-refractivity contribution >= 4 is 23.2 Å². The van der Waals surface area contributed by atoms with E-state index in [1.165, 1.54) is 4.52 Å². The molecule has 0 aliphatic carbocycles. The molecule has 0 saturated carbocycles. The molecule has 0 aliphatic heterocycles. The van der Waals surface area contributed by atoms with Crippen LogP contribution in [0.3, 0.4) is 0 Å². The average Bonchev–Trinajstić information content (AvgIpc) is 3.11. The fourth-order valence-electron chi connectivity index (χ4n) is 2.11. The molecule has 0 bridgehead atoms. The average molecular weight is 319 g/mol. The number of amides is 1. The van der Waals surface area contributed by atoms with Gasteiger partial charge in [-0.2, -0.15) is 5.10 Å². The number of halogens is 1. The number of aromatic nitrogens is 5. The number of hydrogen-bond donors (Lipinski definition) is 1. The van der Waals surface area contributed by atoms with Crippen molar-refractivity contribution in [2.45, 2.75) is 19.9 Å². The number of carbonyl (C=O) groups excluding carboxylic acids is 1. The Bertz CT molecular complexity index is 795. The van der Waals surface area contributed by atoms with E-state index in [4.69, 9.17) is 11.6 Å². The Morgan fingerprint density at radius 2 is 2.32 bits per heavy atom. The van der Waals surface area contributed by atoms with E-state index in [2.05, 4.69) is 20.4 Å². The van der Waals surface area contributed by atoms with E-state index >= 15 is 0 Å². The fraction of sp³-hybridized carbons (Fsp3) is 0.286. The predicted molar refractivity (Wildman–Crippen MR) is 81.9 cm³/mol. The van der Waals surface area contributed by atoms with Gasteiger partial charge in [0.05, 0.1) is 6.33 Å². The Hall–Kier alpha value is -2.41. The summed E-state index contributed by atoms with van der Waals surface area (Å²) in [4.78, 5) is 20.3. The lowest BCUT2D eigenvalue weighted by molar-refractivity contribution is 0.0947. The summed E-state index contributed by atoms with van der Waals surface area (Å²) in [6.45, 7) is 3.23. The van der Waals surface area contributed by atoms with E-state index in [0.717, 1.165) is 18.5 Å². The second-order valence-corrected chi connectivity index (χ2v) is 5.35. The zero-order chi connectivity index (χ0) is 15.5. The van der Waals surface area contributed by atoms with Crippen molar-refractivity contribution in [1.82, 2.24) is 29.5 Å². The van der Waals surface area contributed by atoms with Gasteiger partial charge in [0.25, 0.3) is 5.91 Å². The van der Waals surface area contributed by atoms with E-state index in [1.54, 1.807) is 24.9 Å². The summed E-state index contributed by atoms with van der Waals surface area (Å²) >= 11 is 6.18. The SMILES string of the molecule is Cc1cnc2c(Cl)c(C(=O)NCCCn3ccnc3)nn2c1. The third-order valence-electron chi connectivity index (χ3n) is 3.20. The van der Waals surface area contributed by atoms with Crippen LogP contribution in [0.4, 0.5) is 0 Å². The molecule has 0 radical (unpaired) electrons. The molecule has 0 atom stereocenters. The van der Waals surface area contributed by atoms with Gasteiger partial charge in [0.1, 0.15) is 5.02 Å². The van der Waals surface area contributed by atoms with Gasteiger partial charge >= 0.3 is 0 Å². The van der Waals surface area contributed by atoms with Crippen LogP contribution < -0.4 is 5.32 Å². The van der Waals surface area contributed by atoms with Gasteiger partial charge in [-0.15, -0.1) is 0 Å². The number of fused-ring (bicyclic) bond motifs is 1. The summed E-state index contributed by atoms with van der Waals surface area (Å²) in [6.07, 6.45) is 9.62. The van der Waals surface area contributed by atoms with Gasteiger partial charge in [-0.05, 0) is 18.9 Å². The van der Waals surface area contributed by atoms with E-state index < -0.39 is 0 Å². The van der Waals surface area contributed by atoms with Gasteiger partial charge < -0.3 is 9.88 Å². The lowest BCUT2D eigenvalue weighted by Gasteiger charge is -2.04. The van der Waals surface area contributed by atoms with Crippen LogP contribution in [-0.2, 0) is 6.54 Å². The zero-order valence-corrected chi connectivity index (χ0v) is 12.8. The number of carbonyl (C=O) groups is 1. The molecule has 8 heteroatoms. The second kappa shape index (κ2) is 6.15. The number of hydrogen-bond acceptors (Lipinski definition) is 4. The van der Waals surface area contributed by atoms with E-state index in [9.17, 15) is 4.79 Å². The van der Waals surface area contributed by atoms with Crippen LogP contribution in [0, 0.1) is 6.92 Å². The van der Waals surface area contributed by atoms with Gasteiger partial charge in [-0.3, -0.25) is 4.79 Å². The minimum Gasteiger partial charge on any atom is -0.351 e. The van der Waals surface area contributed by atoms with Crippen LogP contribution in [0.1, 0.15) is 22.5 Å². The van der Waals surface area contributed by atoms with Crippen molar-refractivity contribution in [2.75, 3.05) is 6.54 Å². The molecule has 114 valence electrons. The van der Waals surface area contributed by atoms with E-state index in [1.807, 2.05) is 17.7 Å². The molecule has 3 rings (SSSR count). The van der Waals surface area contributed by atoms with Crippen LogP contribution in [0.2, 0.25) is 5.02 Å². The highest BCUT2D eigenvalue weighted by molar-refractivity contribution is 6.36. The standard InChI is InChI=1S/C14H15ClN6O/c1-10-7-18-13-11(15)12(19-21(13)8-10)14(22)17-3-2-5-20-6-4-16-9-20/h4,6-9H,2-3,5H2,1H3,(H,17,22). The third-order valence-corrected chi connectivity index (χ3v) is 3.55. The van der Waals surface area contributed by atoms with Crippen LogP contribution in [0.15, 0.2) is 31.1 Å². The first kappa shape index (κ1) is 14.5. The molecule has 0 aromatic carbocycles. The third kappa shape index (κ3) is 2.94. The summed E-state index contributed by atoms with van der Waals surface area (Å²) < 4.78 is 3.48. The first-order chi connectivity index (χ1) is 10.6. The van der Waals surface area contributed by atoms with Crippen LogP contribution in [-0.4, -0.2) is 36.6 Å². The summed E-state index contributed by atoms with van der Waals surface area (Å²) in [5.74, 6) is -0.293. The molecule has 0 fully saturated rings. The normalized spacial score (nSPS) is 11.0. The first-order valence-electron chi connectivity index (χ1n) is 6.89. The lowest BCUT2D eigenvalue weighted by Crippen LogP contribution is -2.25. The number of aryl methyl sites for hydroxylation is 2. The Labute approximate surface area is 131 Å². The molecule has 0 aliphatic rings. The maximum absolute atomic E-state index is 12.2. The minimum atomic E-state index is -0.293. The summed E-state index contributed by atoms with van der Waals surface area (Å²) in [5.41, 5.74) is 1.62. The Morgan fingerprint density at radius 3 is 3.09 bits per heavy atom. The van der Waals surface area contributed by atoms with E-state index in [-0.39, 0.29) is 16.6 Å². The van der Waals surface area contributed by atoms with Crippen molar-refractivity contribution in [1.29, 1.82) is 0 Å². The number of rotatable bonds is 5. The Morgan fingerprint density at radius 1 is 1.45 bits per heavy atom. The monoisotopic (exact) mass is 318 g/mol. The molecule has 3 aromatic rings. The lowest BCUT2D eigenvalue weighted by atomic mass is 10.3. The van der Waals surface area contributed by atoms with Gasteiger partial charge in [-0.25, -0.2) is 14.5 Å². The Kier molecular flexibility index (Phi) is 4.06. The Balaban J connectivity index is 1.63. The molecule has 0 spiro atoms. The predicted octanol–water partition coefficient (Wildman–Crippen LogP) is 1.71. The van der Waals surface area contributed by atoms with Gasteiger partial charge in [0.15, 0.2) is 11.3 Å². The largest absolute Gasteiger partial charge is 0.351 e. The topological polar surface area (TPSA) is 77.1 Å². The fourth-order valence-corrected chi connectivity index (χ4v) is 2.37. The number of imidazole rings is 1. The molecule has 3 aromatic heterocycles. The van der Waals surface area contributed by atoms with Gasteiger partial charge in [0.2, 0.25) is 0 Å². The van der Waals surface area contributed by atoms with Crippen molar-refractivity contribution < 1.29 is 4.79 Å². The highest BCUT2D eigenvalue weighted by Gasteiger charge is 2.18. The molecular weight excluding hydrogens is 304 g/mol. The zero-order valence-electron chi connectivity index (χ0n) is 12.0. The smallest absolute Gasteiger partial charge is 0.273 e. The number of nitrogens with one attached hydrogen (secondary N) is 1. The van der Waals surface area contributed by atoms with Gasteiger partial charge in [0, 0.05) is 37.9 Å². The summed E-state index contributed by atoms with van der Waals surface area (Å²) in [7, 11) is 0. The van der Waals surface area contributed by atoms with Crippen molar-refractivity contribution in [2.24, 2.45) is 0 Å². The molecule has 7 nitrogen and oxygen atoms in total. The molecule has 1 N–H and O–H groups in total. The molecule has 0 saturated heterocycles. The highest BCUT2D eigenvalue weighted by Crippen LogP contribution is 2.20. The molecule has 22 heavy (non-hydrogen) atoms. The quantitative estimate of drug-likeness (QED) is 0.726.